The zero-order valence-electron chi connectivity index (χ0n) is 13.5. The molecule has 4 nitrogen and oxygen atoms in total. The molecule has 1 unspecified atom stereocenters. The molecule has 0 saturated heterocycles. The van der Waals surface area contributed by atoms with E-state index in [1.165, 1.54) is 12.1 Å². The minimum atomic E-state index is -0.690. The fourth-order valence-electron chi connectivity index (χ4n) is 2.38. The molecule has 0 saturated carbocycles. The second-order valence-electron chi connectivity index (χ2n) is 5.63. The molecule has 126 valence electrons. The molecule has 0 aliphatic rings. The maximum Gasteiger partial charge on any atom is 0.131 e. The van der Waals surface area contributed by atoms with Crippen molar-refractivity contribution in [1.29, 1.82) is 0 Å². The summed E-state index contributed by atoms with van der Waals surface area (Å²) in [5.41, 5.74) is 2.53. The smallest absolute Gasteiger partial charge is 0.131 e. The first-order valence-electron chi connectivity index (χ1n) is 7.89. The standard InChI is InChI=1S/C17H23ClFN3O/c1-3-4-9-22-17(18)15(12(2)21-22)10-20-11-16(23)13-5-7-14(19)8-6-13/h5-8,16,20,23H,3-4,9-11H2,1-2H3. The molecule has 0 spiro atoms. The fourth-order valence-corrected chi connectivity index (χ4v) is 2.71. The fraction of sp³-hybridized carbons (Fsp3) is 0.471. The van der Waals surface area contributed by atoms with E-state index in [2.05, 4.69) is 17.3 Å². The van der Waals surface area contributed by atoms with Crippen LogP contribution in [0.2, 0.25) is 5.15 Å². The molecule has 0 bridgehead atoms. The Morgan fingerprint density at radius 1 is 1.35 bits per heavy atom. The maximum absolute atomic E-state index is 12.9. The predicted molar refractivity (Wildman–Crippen MR) is 89.9 cm³/mol. The lowest BCUT2D eigenvalue weighted by molar-refractivity contribution is 0.174. The molecule has 0 aliphatic heterocycles. The van der Waals surface area contributed by atoms with Gasteiger partial charge < -0.3 is 10.4 Å². The average molecular weight is 340 g/mol. The number of benzene rings is 1. The first-order chi connectivity index (χ1) is 11.0. The van der Waals surface area contributed by atoms with Crippen LogP contribution >= 0.6 is 11.6 Å². The summed E-state index contributed by atoms with van der Waals surface area (Å²) in [6.45, 7) is 5.77. The summed E-state index contributed by atoms with van der Waals surface area (Å²) in [5.74, 6) is -0.309. The monoisotopic (exact) mass is 339 g/mol. The Bertz CT molecular complexity index is 628. The number of aliphatic hydroxyl groups excluding tert-OH is 1. The topological polar surface area (TPSA) is 50.1 Å². The number of halogens is 2. The summed E-state index contributed by atoms with van der Waals surface area (Å²) < 4.78 is 14.7. The van der Waals surface area contributed by atoms with Crippen molar-refractivity contribution < 1.29 is 9.50 Å². The number of aliphatic hydroxyl groups is 1. The second kappa shape index (κ2) is 8.43. The summed E-state index contributed by atoms with van der Waals surface area (Å²) in [5, 5.41) is 18.4. The number of aromatic nitrogens is 2. The van der Waals surface area contributed by atoms with Gasteiger partial charge in [-0.1, -0.05) is 37.1 Å². The van der Waals surface area contributed by atoms with Crippen LogP contribution in [0, 0.1) is 12.7 Å². The van der Waals surface area contributed by atoms with Gasteiger partial charge >= 0.3 is 0 Å². The van der Waals surface area contributed by atoms with E-state index in [1.807, 2.05) is 11.6 Å². The van der Waals surface area contributed by atoms with Crippen molar-refractivity contribution in [1.82, 2.24) is 15.1 Å². The summed E-state index contributed by atoms with van der Waals surface area (Å²) in [4.78, 5) is 0. The van der Waals surface area contributed by atoms with Crippen LogP contribution in [0.15, 0.2) is 24.3 Å². The lowest BCUT2D eigenvalue weighted by Gasteiger charge is -2.12. The van der Waals surface area contributed by atoms with Gasteiger partial charge in [-0.2, -0.15) is 5.10 Å². The first kappa shape index (κ1) is 17.9. The van der Waals surface area contributed by atoms with E-state index in [0.717, 1.165) is 30.6 Å². The number of unbranched alkanes of at least 4 members (excludes halogenated alkanes) is 1. The van der Waals surface area contributed by atoms with E-state index >= 15 is 0 Å². The van der Waals surface area contributed by atoms with Crippen molar-refractivity contribution in [3.05, 3.63) is 52.1 Å². The number of aryl methyl sites for hydroxylation is 2. The Kier molecular flexibility index (Phi) is 6.57. The molecule has 23 heavy (non-hydrogen) atoms. The first-order valence-corrected chi connectivity index (χ1v) is 8.26. The summed E-state index contributed by atoms with van der Waals surface area (Å²) in [7, 11) is 0. The largest absolute Gasteiger partial charge is 0.387 e. The predicted octanol–water partition coefficient (Wildman–Crippen LogP) is 3.61. The third kappa shape index (κ3) is 4.77. The van der Waals surface area contributed by atoms with Crippen LogP contribution < -0.4 is 5.32 Å². The van der Waals surface area contributed by atoms with Gasteiger partial charge in [0.05, 0.1) is 11.8 Å². The van der Waals surface area contributed by atoms with Gasteiger partial charge in [0.2, 0.25) is 0 Å². The van der Waals surface area contributed by atoms with Crippen LogP contribution in [0.1, 0.15) is 42.7 Å². The van der Waals surface area contributed by atoms with Crippen LogP contribution in [0.3, 0.4) is 0 Å². The molecule has 1 aromatic heterocycles. The van der Waals surface area contributed by atoms with E-state index in [4.69, 9.17) is 11.6 Å². The van der Waals surface area contributed by atoms with Crippen LogP contribution in [-0.2, 0) is 13.1 Å². The number of nitrogens with zero attached hydrogens (tertiary/aromatic N) is 2. The van der Waals surface area contributed by atoms with Crippen LogP contribution in [-0.4, -0.2) is 21.4 Å². The van der Waals surface area contributed by atoms with E-state index in [-0.39, 0.29) is 5.82 Å². The van der Waals surface area contributed by atoms with Gasteiger partial charge in [-0.15, -0.1) is 0 Å². The number of hydrogen-bond donors (Lipinski definition) is 2. The zero-order chi connectivity index (χ0) is 16.8. The lowest BCUT2D eigenvalue weighted by Crippen LogP contribution is -2.21. The van der Waals surface area contributed by atoms with Crippen LogP contribution in [0.25, 0.3) is 0 Å². The van der Waals surface area contributed by atoms with Gasteiger partial charge in [-0.25, -0.2) is 4.39 Å². The summed E-state index contributed by atoms with van der Waals surface area (Å²) >= 11 is 6.37. The van der Waals surface area contributed by atoms with E-state index in [9.17, 15) is 9.50 Å². The molecule has 6 heteroatoms. The quantitative estimate of drug-likeness (QED) is 0.772. The van der Waals surface area contributed by atoms with Gasteiger partial charge in [0.1, 0.15) is 11.0 Å². The van der Waals surface area contributed by atoms with Gasteiger partial charge in [0.15, 0.2) is 0 Å². The van der Waals surface area contributed by atoms with Gasteiger partial charge in [-0.05, 0) is 31.0 Å². The van der Waals surface area contributed by atoms with Crippen LogP contribution in [0.5, 0.6) is 0 Å². The Morgan fingerprint density at radius 2 is 2.04 bits per heavy atom. The van der Waals surface area contributed by atoms with Crippen molar-refractivity contribution in [2.75, 3.05) is 6.54 Å². The van der Waals surface area contributed by atoms with Crippen molar-refractivity contribution in [2.45, 2.75) is 45.9 Å². The lowest BCUT2D eigenvalue weighted by atomic mass is 10.1. The molecular formula is C17H23ClFN3O. The molecule has 1 atom stereocenters. The molecule has 0 fully saturated rings. The number of nitrogens with one attached hydrogen (secondary N) is 1. The minimum Gasteiger partial charge on any atom is -0.387 e. The van der Waals surface area contributed by atoms with E-state index < -0.39 is 6.10 Å². The second-order valence-corrected chi connectivity index (χ2v) is 5.99. The van der Waals surface area contributed by atoms with Crippen LogP contribution in [0.4, 0.5) is 4.39 Å². The van der Waals surface area contributed by atoms with Crippen molar-refractivity contribution in [3.8, 4) is 0 Å². The Morgan fingerprint density at radius 3 is 2.70 bits per heavy atom. The van der Waals surface area contributed by atoms with Crippen molar-refractivity contribution >= 4 is 11.6 Å². The van der Waals surface area contributed by atoms with Gasteiger partial charge in [0.25, 0.3) is 0 Å². The Balaban J connectivity index is 1.90. The van der Waals surface area contributed by atoms with Gasteiger partial charge in [0, 0.05) is 25.2 Å². The third-order valence-corrected chi connectivity index (χ3v) is 4.22. The highest BCUT2D eigenvalue weighted by Gasteiger charge is 2.14. The molecule has 0 aliphatic carbocycles. The molecule has 0 radical (unpaired) electrons. The van der Waals surface area contributed by atoms with Gasteiger partial charge in [-0.3, -0.25) is 4.68 Å². The van der Waals surface area contributed by atoms with Crippen molar-refractivity contribution in [2.24, 2.45) is 0 Å². The molecular weight excluding hydrogens is 317 g/mol. The normalized spacial score (nSPS) is 12.6. The maximum atomic E-state index is 12.9. The molecule has 2 N–H and O–H groups in total. The average Bonchev–Trinajstić information content (AvgIpc) is 2.80. The molecule has 1 aromatic carbocycles. The molecule has 2 aromatic rings. The molecule has 1 heterocycles. The number of hydrogen-bond acceptors (Lipinski definition) is 3. The molecule has 0 amide bonds. The van der Waals surface area contributed by atoms with Crippen molar-refractivity contribution in [3.63, 3.8) is 0 Å². The minimum absolute atomic E-state index is 0.309. The third-order valence-electron chi connectivity index (χ3n) is 3.80. The summed E-state index contributed by atoms with van der Waals surface area (Å²) in [6.07, 6.45) is 1.44. The highest BCUT2D eigenvalue weighted by atomic mass is 35.5. The number of rotatable bonds is 8. The SMILES string of the molecule is CCCCn1nc(C)c(CNCC(O)c2ccc(F)cc2)c1Cl. The van der Waals surface area contributed by atoms with E-state index in [1.54, 1.807) is 12.1 Å². The highest BCUT2D eigenvalue weighted by molar-refractivity contribution is 6.30. The summed E-state index contributed by atoms with van der Waals surface area (Å²) in [6, 6.07) is 5.86. The highest BCUT2D eigenvalue weighted by Crippen LogP contribution is 2.20. The Hall–Kier alpha value is -1.43. The Labute approximate surface area is 141 Å². The van der Waals surface area contributed by atoms with E-state index in [0.29, 0.717) is 23.8 Å². The molecule has 2 rings (SSSR count). The zero-order valence-corrected chi connectivity index (χ0v) is 14.3.